The van der Waals surface area contributed by atoms with Crippen LogP contribution in [-0.2, 0) is 10.3 Å². The molecule has 0 spiro atoms. The molecular weight excluding hydrogens is 372 g/mol. The van der Waals surface area contributed by atoms with E-state index < -0.39 is 0 Å². The Bertz CT molecular complexity index is 779. The lowest BCUT2D eigenvalue weighted by atomic mass is 9.76. The third-order valence-electron chi connectivity index (χ3n) is 7.20. The first kappa shape index (κ1) is 17.5. The normalized spacial score (nSPS) is 31.8. The van der Waals surface area contributed by atoms with E-state index >= 15 is 0 Å². The fraction of sp³-hybridized carbons (Fsp3) is 0.565. The predicted octanol–water partition coefficient (Wildman–Crippen LogP) is 6.78. The van der Waals surface area contributed by atoms with Crippen molar-refractivity contribution in [2.45, 2.75) is 46.1 Å². The highest BCUT2D eigenvalue weighted by Gasteiger charge is 2.48. The summed E-state index contributed by atoms with van der Waals surface area (Å²) in [5, 5.41) is 2.53. The quantitative estimate of drug-likeness (QED) is 0.549. The molecule has 5 atom stereocenters. The van der Waals surface area contributed by atoms with Gasteiger partial charge in [0.05, 0.1) is 12.2 Å². The number of rotatable bonds is 4. The fourth-order valence-corrected chi connectivity index (χ4v) is 6.35. The summed E-state index contributed by atoms with van der Waals surface area (Å²) in [6.45, 7) is 10.2. The molecule has 0 aliphatic heterocycles. The third kappa shape index (κ3) is 2.96. The number of ether oxygens (including phenoxy) is 1. The van der Waals surface area contributed by atoms with Gasteiger partial charge in [0.2, 0.25) is 0 Å². The number of halogens is 1. The lowest BCUT2D eigenvalue weighted by molar-refractivity contribution is -0.0543. The van der Waals surface area contributed by atoms with E-state index in [1.54, 1.807) is 0 Å². The zero-order chi connectivity index (χ0) is 17.8. The molecule has 0 heterocycles. The lowest BCUT2D eigenvalue weighted by Crippen LogP contribution is -2.31. The van der Waals surface area contributed by atoms with E-state index in [0.717, 1.165) is 36.2 Å². The summed E-state index contributed by atoms with van der Waals surface area (Å²) in [7, 11) is 0. The SMILES string of the molecule is CC1C2CC(COC(C)(C)c3ccc4ccccc4c3Br)C(C2)C1C. The van der Waals surface area contributed by atoms with Gasteiger partial charge in [0.25, 0.3) is 0 Å². The van der Waals surface area contributed by atoms with Gasteiger partial charge in [0.1, 0.15) is 0 Å². The molecule has 2 bridgehead atoms. The molecule has 2 aromatic rings. The monoisotopic (exact) mass is 400 g/mol. The Morgan fingerprint density at radius 1 is 1.04 bits per heavy atom. The summed E-state index contributed by atoms with van der Waals surface area (Å²) in [6.07, 6.45) is 2.79. The van der Waals surface area contributed by atoms with Crippen LogP contribution in [0.15, 0.2) is 40.9 Å². The molecular formula is C23H29BrO. The number of hydrogen-bond donors (Lipinski definition) is 0. The lowest BCUT2D eigenvalue weighted by Gasteiger charge is -2.35. The second-order valence-corrected chi connectivity index (χ2v) is 9.64. The summed E-state index contributed by atoms with van der Waals surface area (Å²) in [5.74, 6) is 4.32. The number of hydrogen-bond acceptors (Lipinski definition) is 1. The van der Waals surface area contributed by atoms with E-state index in [2.05, 4.69) is 80.0 Å². The molecule has 2 aliphatic carbocycles. The molecule has 2 saturated carbocycles. The molecule has 2 heteroatoms. The smallest absolute Gasteiger partial charge is 0.0886 e. The van der Waals surface area contributed by atoms with Crippen LogP contribution in [0.2, 0.25) is 0 Å². The van der Waals surface area contributed by atoms with Gasteiger partial charge in [-0.25, -0.2) is 0 Å². The van der Waals surface area contributed by atoms with E-state index in [9.17, 15) is 0 Å². The average Bonchev–Trinajstić information content (AvgIpc) is 3.13. The largest absolute Gasteiger partial charge is 0.371 e. The Balaban J connectivity index is 1.52. The highest BCUT2D eigenvalue weighted by Crippen LogP contribution is 2.55. The Kier molecular flexibility index (Phi) is 4.48. The maximum Gasteiger partial charge on any atom is 0.0886 e. The maximum absolute atomic E-state index is 6.54. The molecule has 0 radical (unpaired) electrons. The topological polar surface area (TPSA) is 9.23 Å². The molecule has 0 amide bonds. The van der Waals surface area contributed by atoms with Gasteiger partial charge in [-0.3, -0.25) is 0 Å². The van der Waals surface area contributed by atoms with E-state index in [-0.39, 0.29) is 5.60 Å². The molecule has 5 unspecified atom stereocenters. The van der Waals surface area contributed by atoms with Crippen molar-refractivity contribution in [1.82, 2.24) is 0 Å². The minimum Gasteiger partial charge on any atom is -0.371 e. The van der Waals surface area contributed by atoms with Gasteiger partial charge in [-0.05, 0) is 88.5 Å². The fourth-order valence-electron chi connectivity index (χ4n) is 5.38. The highest BCUT2D eigenvalue weighted by molar-refractivity contribution is 9.10. The second-order valence-electron chi connectivity index (χ2n) is 8.84. The molecule has 2 fully saturated rings. The van der Waals surface area contributed by atoms with Gasteiger partial charge >= 0.3 is 0 Å². The molecule has 0 N–H and O–H groups in total. The van der Waals surface area contributed by atoms with Crippen molar-refractivity contribution in [1.29, 1.82) is 0 Å². The van der Waals surface area contributed by atoms with Gasteiger partial charge in [0.15, 0.2) is 0 Å². The maximum atomic E-state index is 6.54. The van der Waals surface area contributed by atoms with Crippen molar-refractivity contribution in [3.8, 4) is 0 Å². The first-order valence-corrected chi connectivity index (χ1v) is 10.5. The summed E-state index contributed by atoms with van der Waals surface area (Å²) in [6, 6.07) is 13.0. The van der Waals surface area contributed by atoms with Gasteiger partial charge in [0, 0.05) is 4.47 Å². The van der Waals surface area contributed by atoms with Crippen molar-refractivity contribution in [3.63, 3.8) is 0 Å². The Labute approximate surface area is 160 Å². The molecule has 0 saturated heterocycles. The van der Waals surface area contributed by atoms with E-state index in [1.807, 2.05) is 0 Å². The number of benzene rings is 2. The number of fused-ring (bicyclic) bond motifs is 3. The molecule has 1 nitrogen and oxygen atoms in total. The zero-order valence-electron chi connectivity index (χ0n) is 15.8. The zero-order valence-corrected chi connectivity index (χ0v) is 17.3. The van der Waals surface area contributed by atoms with Crippen LogP contribution < -0.4 is 0 Å². The van der Waals surface area contributed by atoms with Crippen molar-refractivity contribution in [2.75, 3.05) is 6.61 Å². The van der Waals surface area contributed by atoms with Gasteiger partial charge in [-0.2, -0.15) is 0 Å². The van der Waals surface area contributed by atoms with Crippen LogP contribution in [0.5, 0.6) is 0 Å². The third-order valence-corrected chi connectivity index (χ3v) is 8.06. The summed E-state index contributed by atoms with van der Waals surface area (Å²) in [5.41, 5.74) is 0.968. The van der Waals surface area contributed by atoms with E-state index in [4.69, 9.17) is 4.74 Å². The van der Waals surface area contributed by atoms with Crippen LogP contribution in [0.3, 0.4) is 0 Å². The molecule has 4 rings (SSSR count). The van der Waals surface area contributed by atoms with Crippen LogP contribution in [-0.4, -0.2) is 6.61 Å². The summed E-state index contributed by atoms with van der Waals surface area (Å²) in [4.78, 5) is 0. The van der Waals surface area contributed by atoms with Crippen LogP contribution in [0.1, 0.15) is 46.1 Å². The first-order chi connectivity index (χ1) is 11.9. The van der Waals surface area contributed by atoms with Crippen molar-refractivity contribution in [3.05, 3.63) is 46.4 Å². The Morgan fingerprint density at radius 3 is 2.52 bits per heavy atom. The van der Waals surface area contributed by atoms with Gasteiger partial charge < -0.3 is 4.74 Å². The molecule has 0 aromatic heterocycles. The Hall–Kier alpha value is -0.860. The summed E-state index contributed by atoms with van der Waals surface area (Å²) >= 11 is 3.84. The van der Waals surface area contributed by atoms with Crippen molar-refractivity contribution < 1.29 is 4.74 Å². The molecule has 2 aromatic carbocycles. The van der Waals surface area contributed by atoms with Crippen molar-refractivity contribution in [2.24, 2.45) is 29.6 Å². The van der Waals surface area contributed by atoms with Crippen LogP contribution in [0, 0.1) is 29.6 Å². The summed E-state index contributed by atoms with van der Waals surface area (Å²) < 4.78 is 7.71. The molecule has 2 aliphatic rings. The average molecular weight is 401 g/mol. The Morgan fingerprint density at radius 2 is 1.80 bits per heavy atom. The second kappa shape index (κ2) is 6.39. The minimum absolute atomic E-state index is 0.278. The van der Waals surface area contributed by atoms with Crippen molar-refractivity contribution >= 4 is 26.7 Å². The highest BCUT2D eigenvalue weighted by atomic mass is 79.9. The molecule has 25 heavy (non-hydrogen) atoms. The van der Waals surface area contributed by atoms with Crippen LogP contribution in [0.25, 0.3) is 10.8 Å². The van der Waals surface area contributed by atoms with Crippen LogP contribution >= 0.6 is 15.9 Å². The van der Waals surface area contributed by atoms with Gasteiger partial charge in [-0.15, -0.1) is 0 Å². The minimum atomic E-state index is -0.278. The molecule has 134 valence electrons. The van der Waals surface area contributed by atoms with Gasteiger partial charge in [-0.1, -0.05) is 50.2 Å². The van der Waals surface area contributed by atoms with E-state index in [0.29, 0.717) is 0 Å². The van der Waals surface area contributed by atoms with Crippen LogP contribution in [0.4, 0.5) is 0 Å². The first-order valence-electron chi connectivity index (χ1n) is 9.70. The van der Waals surface area contributed by atoms with E-state index in [1.165, 1.54) is 33.7 Å². The standard InChI is InChI=1S/C23H29BrO/c1-14-15(2)20-12-17(14)11-18(20)13-25-23(3,4)21-10-9-16-7-5-6-8-19(16)22(21)24/h5-10,14-15,17-18,20H,11-13H2,1-4H3. The predicted molar refractivity (Wildman–Crippen MR) is 109 cm³/mol.